The second-order valence-electron chi connectivity index (χ2n) is 9.06. The van der Waals surface area contributed by atoms with E-state index in [9.17, 15) is 9.18 Å². The number of aromatic nitrogens is 1. The van der Waals surface area contributed by atoms with Gasteiger partial charge in [0.2, 0.25) is 11.9 Å². The molecular formula is C28H33ClFN3O3. The van der Waals surface area contributed by atoms with Crippen molar-refractivity contribution in [1.29, 1.82) is 0 Å². The van der Waals surface area contributed by atoms with Gasteiger partial charge >= 0.3 is 0 Å². The van der Waals surface area contributed by atoms with E-state index >= 15 is 0 Å². The van der Waals surface area contributed by atoms with Crippen LogP contribution in [0.3, 0.4) is 0 Å². The Kier molecular flexibility index (Phi) is 9.56. The summed E-state index contributed by atoms with van der Waals surface area (Å²) in [5.41, 5.74) is 11.0. The van der Waals surface area contributed by atoms with Crippen LogP contribution in [0.5, 0.6) is 0 Å². The lowest BCUT2D eigenvalue weighted by Gasteiger charge is -2.29. The maximum absolute atomic E-state index is 13.6. The molecule has 0 spiro atoms. The van der Waals surface area contributed by atoms with Crippen molar-refractivity contribution in [2.75, 3.05) is 25.7 Å². The third-order valence-electron chi connectivity index (χ3n) is 6.64. The summed E-state index contributed by atoms with van der Waals surface area (Å²) in [6.45, 7) is 2.78. The zero-order chi connectivity index (χ0) is 24.9. The highest BCUT2D eigenvalue weighted by molar-refractivity contribution is 5.97. The zero-order valence-electron chi connectivity index (χ0n) is 20.8. The molecule has 8 heteroatoms. The summed E-state index contributed by atoms with van der Waals surface area (Å²) in [5.74, 6) is -0.889. The third kappa shape index (κ3) is 6.48. The van der Waals surface area contributed by atoms with Gasteiger partial charge in [-0.05, 0) is 54.3 Å². The molecule has 1 amide bonds. The van der Waals surface area contributed by atoms with Gasteiger partial charge in [0.25, 0.3) is 0 Å². The van der Waals surface area contributed by atoms with Crippen LogP contribution < -0.4 is 10.6 Å². The summed E-state index contributed by atoms with van der Waals surface area (Å²) < 4.78 is 24.2. The zero-order valence-corrected chi connectivity index (χ0v) is 21.6. The minimum Gasteiger partial charge on any atom is -0.380 e. The summed E-state index contributed by atoms with van der Waals surface area (Å²) in [4.78, 5) is 19.3. The normalized spacial score (nSPS) is 18.1. The van der Waals surface area contributed by atoms with E-state index in [0.717, 1.165) is 22.4 Å². The van der Waals surface area contributed by atoms with Crippen LogP contribution >= 0.6 is 12.4 Å². The first-order valence-electron chi connectivity index (χ1n) is 11.8. The Labute approximate surface area is 218 Å². The van der Waals surface area contributed by atoms with Crippen LogP contribution in [0, 0.1) is 11.9 Å². The maximum Gasteiger partial charge on any atom is 0.230 e. The van der Waals surface area contributed by atoms with Crippen molar-refractivity contribution in [2.24, 2.45) is 11.7 Å². The van der Waals surface area contributed by atoms with Crippen molar-refractivity contribution in [3.8, 4) is 11.1 Å². The molecule has 1 heterocycles. The van der Waals surface area contributed by atoms with Crippen LogP contribution in [0.25, 0.3) is 11.1 Å². The molecule has 1 aromatic heterocycles. The van der Waals surface area contributed by atoms with Gasteiger partial charge in [0.05, 0.1) is 12.7 Å². The van der Waals surface area contributed by atoms with Crippen LogP contribution in [0.15, 0.2) is 66.7 Å². The Morgan fingerprint density at radius 3 is 2.31 bits per heavy atom. The van der Waals surface area contributed by atoms with Gasteiger partial charge in [-0.15, -0.1) is 12.4 Å². The first-order valence-corrected chi connectivity index (χ1v) is 11.8. The van der Waals surface area contributed by atoms with Crippen molar-refractivity contribution in [3.05, 3.63) is 83.9 Å². The molecule has 0 radical (unpaired) electrons. The molecule has 1 aliphatic carbocycles. The molecule has 36 heavy (non-hydrogen) atoms. The van der Waals surface area contributed by atoms with Gasteiger partial charge in [0.1, 0.15) is 0 Å². The quantitative estimate of drug-likeness (QED) is 0.388. The monoisotopic (exact) mass is 513 g/mol. The number of halogens is 2. The Hall–Kier alpha value is -2.84. The molecule has 6 nitrogen and oxygen atoms in total. The Morgan fingerprint density at radius 1 is 1.08 bits per heavy atom. The summed E-state index contributed by atoms with van der Waals surface area (Å²) in [6.07, 6.45) is 0.433. The fourth-order valence-corrected chi connectivity index (χ4v) is 4.28. The van der Waals surface area contributed by atoms with E-state index < -0.39 is 5.95 Å². The number of methoxy groups -OCH3 is 2. The molecule has 0 unspecified atom stereocenters. The molecule has 1 aliphatic rings. The fourth-order valence-electron chi connectivity index (χ4n) is 4.28. The number of nitrogens with two attached hydrogens (primary N) is 1. The molecule has 0 bridgehead atoms. The van der Waals surface area contributed by atoms with Gasteiger partial charge in [0.15, 0.2) is 0 Å². The van der Waals surface area contributed by atoms with Crippen molar-refractivity contribution in [1.82, 2.24) is 4.98 Å². The van der Waals surface area contributed by atoms with Crippen molar-refractivity contribution in [3.63, 3.8) is 0 Å². The topological polar surface area (TPSA) is 77.7 Å². The number of pyridine rings is 1. The SMILES string of the molecule is COCc1ccc(-c2ccc(N(C[C@@H](N)[C@@H](C)OC)C(=O)[C@@H]3C[C@H]3c3cccc(F)n3)cc2)cc1.Cl. The van der Waals surface area contributed by atoms with Crippen molar-refractivity contribution >= 4 is 24.0 Å². The first-order chi connectivity index (χ1) is 16.9. The Balaban J connectivity index is 0.00000361. The number of hydrogen-bond donors (Lipinski definition) is 1. The largest absolute Gasteiger partial charge is 0.380 e. The molecule has 4 atom stereocenters. The summed E-state index contributed by atoms with van der Waals surface area (Å²) in [5, 5.41) is 0. The molecule has 1 fully saturated rings. The van der Waals surface area contributed by atoms with Gasteiger partial charge in [-0.3, -0.25) is 4.79 Å². The molecule has 2 aromatic carbocycles. The number of hydrogen-bond acceptors (Lipinski definition) is 5. The third-order valence-corrected chi connectivity index (χ3v) is 6.64. The highest BCUT2D eigenvalue weighted by Gasteiger charge is 2.47. The smallest absolute Gasteiger partial charge is 0.230 e. The maximum atomic E-state index is 13.6. The Morgan fingerprint density at radius 2 is 1.72 bits per heavy atom. The lowest BCUT2D eigenvalue weighted by atomic mass is 10.0. The fraction of sp³-hybridized carbons (Fsp3) is 0.357. The lowest BCUT2D eigenvalue weighted by Crippen LogP contribution is -2.47. The number of carbonyl (C=O) groups excluding carboxylic acids is 1. The van der Waals surface area contributed by atoms with Crippen LogP contribution in [-0.4, -0.2) is 43.8 Å². The minimum atomic E-state index is -0.528. The summed E-state index contributed by atoms with van der Waals surface area (Å²) >= 11 is 0. The molecule has 4 rings (SSSR count). The number of benzene rings is 2. The highest BCUT2D eigenvalue weighted by atomic mass is 35.5. The predicted octanol–water partition coefficient (Wildman–Crippen LogP) is 4.95. The van der Waals surface area contributed by atoms with E-state index in [-0.39, 0.29) is 42.3 Å². The van der Waals surface area contributed by atoms with E-state index in [4.69, 9.17) is 15.2 Å². The molecule has 0 saturated heterocycles. The standard InChI is InChI=1S/C28H32FN3O3.ClH/c1-18(35-3)25(30)16-32(28(33)24-15-23(24)26-5-4-6-27(29)31-26)22-13-11-21(12-14-22)20-9-7-19(8-10-20)17-34-2;/h4-14,18,23-25H,15-17,30H2,1-3H3;1H/t18-,23-,24-,25-;/m1./s1. The van der Waals surface area contributed by atoms with Gasteiger partial charge in [-0.1, -0.05) is 42.5 Å². The minimum absolute atomic E-state index is 0. The van der Waals surface area contributed by atoms with Crippen LogP contribution in [-0.2, 0) is 20.9 Å². The molecule has 2 N–H and O–H groups in total. The van der Waals surface area contributed by atoms with E-state index in [0.29, 0.717) is 25.3 Å². The average Bonchev–Trinajstić information content (AvgIpc) is 3.68. The highest BCUT2D eigenvalue weighted by Crippen LogP contribution is 2.48. The van der Waals surface area contributed by atoms with Gasteiger partial charge in [-0.2, -0.15) is 4.39 Å². The average molecular weight is 514 g/mol. The lowest BCUT2D eigenvalue weighted by molar-refractivity contribution is -0.120. The molecule has 1 saturated carbocycles. The second kappa shape index (κ2) is 12.4. The van der Waals surface area contributed by atoms with Gasteiger partial charge < -0.3 is 20.1 Å². The van der Waals surface area contributed by atoms with E-state index in [1.165, 1.54) is 6.07 Å². The van der Waals surface area contributed by atoms with E-state index in [1.54, 1.807) is 31.3 Å². The Bertz CT molecular complexity index is 1140. The number of carbonyl (C=O) groups is 1. The molecule has 3 aromatic rings. The van der Waals surface area contributed by atoms with Gasteiger partial charge in [0, 0.05) is 50.0 Å². The van der Waals surface area contributed by atoms with Crippen LogP contribution in [0.4, 0.5) is 10.1 Å². The van der Waals surface area contributed by atoms with Gasteiger partial charge in [-0.25, -0.2) is 4.98 Å². The molecular weight excluding hydrogens is 481 g/mol. The summed E-state index contributed by atoms with van der Waals surface area (Å²) in [7, 11) is 3.29. The summed E-state index contributed by atoms with van der Waals surface area (Å²) in [6, 6.07) is 20.5. The number of amides is 1. The molecule has 0 aliphatic heterocycles. The van der Waals surface area contributed by atoms with E-state index in [1.807, 2.05) is 43.3 Å². The second-order valence-corrected chi connectivity index (χ2v) is 9.06. The van der Waals surface area contributed by atoms with E-state index in [2.05, 4.69) is 17.1 Å². The number of anilines is 1. The molecule has 192 valence electrons. The van der Waals surface area contributed by atoms with Crippen LogP contribution in [0.1, 0.15) is 30.5 Å². The number of nitrogens with zero attached hydrogens (tertiary/aromatic N) is 2. The number of ether oxygens (including phenoxy) is 2. The van der Waals surface area contributed by atoms with Crippen LogP contribution in [0.2, 0.25) is 0 Å². The van der Waals surface area contributed by atoms with Crippen molar-refractivity contribution < 1.29 is 18.7 Å². The first kappa shape index (κ1) is 27.7. The number of rotatable bonds is 10. The van der Waals surface area contributed by atoms with Crippen molar-refractivity contribution in [2.45, 2.75) is 38.0 Å². The predicted molar refractivity (Wildman–Crippen MR) is 142 cm³/mol.